The van der Waals surface area contributed by atoms with Gasteiger partial charge in [0.2, 0.25) is 0 Å². The quantitative estimate of drug-likeness (QED) is 0.565. The highest BCUT2D eigenvalue weighted by Gasteiger charge is 2.26. The van der Waals surface area contributed by atoms with Crippen molar-refractivity contribution < 1.29 is 0 Å². The summed E-state index contributed by atoms with van der Waals surface area (Å²) in [6.07, 6.45) is 0.717. The van der Waals surface area contributed by atoms with E-state index in [2.05, 4.69) is 11.4 Å². The predicted molar refractivity (Wildman–Crippen MR) is 41.3 cm³/mol. The highest BCUT2D eigenvalue weighted by molar-refractivity contribution is 6.24. The van der Waals surface area contributed by atoms with Gasteiger partial charge in [0.25, 0.3) is 0 Å². The van der Waals surface area contributed by atoms with Crippen LogP contribution >= 0.6 is 23.2 Å². The highest BCUT2D eigenvalue weighted by atomic mass is 35.5. The van der Waals surface area contributed by atoms with E-state index in [1.807, 2.05) is 0 Å². The van der Waals surface area contributed by atoms with E-state index >= 15 is 0 Å². The van der Waals surface area contributed by atoms with Gasteiger partial charge in [-0.2, -0.15) is 5.26 Å². The Bertz CT molecular complexity index is 154. The average Bonchev–Trinajstić information content (AvgIpc) is 1.88. The van der Waals surface area contributed by atoms with Crippen molar-refractivity contribution in [2.75, 3.05) is 6.54 Å². The fourth-order valence-electron chi connectivity index (χ4n) is 0.973. The lowest BCUT2D eigenvalue weighted by atomic mass is 10.1. The minimum Gasteiger partial charge on any atom is -0.299 e. The molecule has 0 spiro atoms. The van der Waals surface area contributed by atoms with Crippen LogP contribution in [-0.4, -0.2) is 23.3 Å². The number of nitrogens with zero attached hydrogens (tertiary/aromatic N) is 1. The van der Waals surface area contributed by atoms with E-state index in [1.165, 1.54) is 0 Å². The summed E-state index contributed by atoms with van der Waals surface area (Å²) in [6.45, 7) is 0.684. The maximum Gasteiger partial charge on any atom is 0.112 e. The summed E-state index contributed by atoms with van der Waals surface area (Å²) in [6, 6.07) is 1.85. The van der Waals surface area contributed by atoms with E-state index in [9.17, 15) is 0 Å². The molecule has 1 aliphatic rings. The van der Waals surface area contributed by atoms with E-state index in [0.29, 0.717) is 13.0 Å². The van der Waals surface area contributed by atoms with E-state index in [4.69, 9.17) is 28.5 Å². The van der Waals surface area contributed by atoms with E-state index in [-0.39, 0.29) is 16.8 Å². The van der Waals surface area contributed by atoms with Crippen molar-refractivity contribution in [3.8, 4) is 6.07 Å². The molecule has 1 rings (SSSR count). The van der Waals surface area contributed by atoms with Gasteiger partial charge in [0.1, 0.15) is 6.04 Å². The highest BCUT2D eigenvalue weighted by Crippen LogP contribution is 2.18. The number of hydrogen-bond donors (Lipinski definition) is 1. The normalized spacial score (nSPS) is 40.7. The van der Waals surface area contributed by atoms with Gasteiger partial charge in [-0.25, -0.2) is 0 Å². The van der Waals surface area contributed by atoms with Gasteiger partial charge in [-0.05, 0) is 6.42 Å². The van der Waals surface area contributed by atoms with Crippen molar-refractivity contribution >= 4 is 23.2 Å². The minimum atomic E-state index is -0.225. The van der Waals surface area contributed by atoms with Crippen molar-refractivity contribution in [1.82, 2.24) is 5.32 Å². The Kier molecular flexibility index (Phi) is 2.79. The molecule has 0 radical (unpaired) electrons. The van der Waals surface area contributed by atoms with Crippen LogP contribution in [0.3, 0.4) is 0 Å². The molecule has 3 unspecified atom stereocenters. The van der Waals surface area contributed by atoms with Gasteiger partial charge in [-0.3, -0.25) is 5.32 Å². The maximum absolute atomic E-state index is 8.51. The molecule has 0 aromatic carbocycles. The van der Waals surface area contributed by atoms with Gasteiger partial charge in [0.05, 0.1) is 11.4 Å². The largest absolute Gasteiger partial charge is 0.299 e. The molecule has 2 nitrogen and oxygen atoms in total. The Labute approximate surface area is 70.1 Å². The Morgan fingerprint density at radius 2 is 2.20 bits per heavy atom. The molecular weight excluding hydrogens is 171 g/mol. The lowest BCUT2D eigenvalue weighted by Crippen LogP contribution is -2.45. The van der Waals surface area contributed by atoms with Crippen LogP contribution in [0.1, 0.15) is 6.42 Å². The van der Waals surface area contributed by atoms with Gasteiger partial charge in [-0.15, -0.1) is 23.2 Å². The Morgan fingerprint density at radius 3 is 2.70 bits per heavy atom. The second kappa shape index (κ2) is 3.43. The van der Waals surface area contributed by atoms with Crippen molar-refractivity contribution in [2.45, 2.75) is 23.2 Å². The zero-order valence-electron chi connectivity index (χ0n) is 5.35. The zero-order valence-corrected chi connectivity index (χ0v) is 6.86. The molecule has 56 valence electrons. The maximum atomic E-state index is 8.51. The number of rotatable bonds is 0. The van der Waals surface area contributed by atoms with Crippen LogP contribution < -0.4 is 5.32 Å². The summed E-state index contributed by atoms with van der Waals surface area (Å²) in [5, 5.41) is 11.4. The van der Waals surface area contributed by atoms with Gasteiger partial charge in [-0.1, -0.05) is 0 Å². The third kappa shape index (κ3) is 1.76. The van der Waals surface area contributed by atoms with Crippen LogP contribution in [0.2, 0.25) is 0 Å². The molecule has 1 heterocycles. The van der Waals surface area contributed by atoms with Crippen molar-refractivity contribution in [3.63, 3.8) is 0 Å². The number of piperidine rings is 1. The van der Waals surface area contributed by atoms with Crippen molar-refractivity contribution in [3.05, 3.63) is 0 Å². The van der Waals surface area contributed by atoms with Crippen LogP contribution in [-0.2, 0) is 0 Å². The standard InChI is InChI=1S/C6H8Cl2N2/c7-4-1-5(8)6(2-9)10-3-4/h4-6,10H,1,3H2. The van der Waals surface area contributed by atoms with Crippen LogP contribution in [0.15, 0.2) is 0 Å². The fraction of sp³-hybridized carbons (Fsp3) is 0.833. The topological polar surface area (TPSA) is 35.8 Å². The number of alkyl halides is 2. The fourth-order valence-corrected chi connectivity index (χ4v) is 1.71. The Balaban J connectivity index is 2.45. The van der Waals surface area contributed by atoms with Crippen LogP contribution in [0.4, 0.5) is 0 Å². The molecule has 0 amide bonds. The number of halogens is 2. The lowest BCUT2D eigenvalue weighted by Gasteiger charge is -2.26. The first-order valence-corrected chi connectivity index (χ1v) is 4.02. The zero-order chi connectivity index (χ0) is 7.56. The van der Waals surface area contributed by atoms with Gasteiger partial charge in [0.15, 0.2) is 0 Å². The van der Waals surface area contributed by atoms with Crippen LogP contribution in [0.25, 0.3) is 0 Å². The molecule has 0 aliphatic carbocycles. The summed E-state index contributed by atoms with van der Waals surface area (Å²) in [5.74, 6) is 0. The first-order valence-electron chi connectivity index (χ1n) is 3.15. The molecule has 1 N–H and O–H groups in total. The smallest absolute Gasteiger partial charge is 0.112 e. The molecule has 0 bridgehead atoms. The molecule has 1 saturated heterocycles. The third-order valence-corrected chi connectivity index (χ3v) is 2.30. The van der Waals surface area contributed by atoms with Gasteiger partial charge in [0, 0.05) is 11.9 Å². The SMILES string of the molecule is N#CC1NCC(Cl)CC1Cl. The Hall–Kier alpha value is 0.0300. The molecule has 10 heavy (non-hydrogen) atoms. The van der Waals surface area contributed by atoms with E-state index in [1.54, 1.807) is 0 Å². The van der Waals surface area contributed by atoms with E-state index < -0.39 is 0 Å². The van der Waals surface area contributed by atoms with Gasteiger partial charge < -0.3 is 0 Å². The average molecular weight is 179 g/mol. The summed E-state index contributed by atoms with van der Waals surface area (Å²) in [4.78, 5) is 0. The summed E-state index contributed by atoms with van der Waals surface area (Å²) in [7, 11) is 0. The lowest BCUT2D eigenvalue weighted by molar-refractivity contribution is 0.473. The Morgan fingerprint density at radius 1 is 1.50 bits per heavy atom. The number of nitriles is 1. The second-order valence-corrected chi connectivity index (χ2v) is 3.54. The molecule has 4 heteroatoms. The minimum absolute atomic E-state index is 0.0760. The summed E-state index contributed by atoms with van der Waals surface area (Å²) in [5.41, 5.74) is 0. The van der Waals surface area contributed by atoms with Crippen molar-refractivity contribution in [1.29, 1.82) is 5.26 Å². The predicted octanol–water partition coefficient (Wildman–Crippen LogP) is 1.09. The molecule has 3 atom stereocenters. The number of nitrogens with one attached hydrogen (secondary N) is 1. The van der Waals surface area contributed by atoms with Crippen LogP contribution in [0, 0.1) is 11.3 Å². The van der Waals surface area contributed by atoms with Crippen LogP contribution in [0.5, 0.6) is 0 Å². The first kappa shape index (κ1) is 8.13. The molecule has 0 aromatic heterocycles. The molecule has 0 saturated carbocycles. The number of hydrogen-bond acceptors (Lipinski definition) is 2. The third-order valence-electron chi connectivity index (χ3n) is 1.54. The van der Waals surface area contributed by atoms with Crippen molar-refractivity contribution in [2.24, 2.45) is 0 Å². The summed E-state index contributed by atoms with van der Waals surface area (Å²) >= 11 is 11.6. The second-order valence-electron chi connectivity index (χ2n) is 2.36. The molecule has 1 fully saturated rings. The summed E-state index contributed by atoms with van der Waals surface area (Å²) < 4.78 is 0. The van der Waals surface area contributed by atoms with Gasteiger partial charge >= 0.3 is 0 Å². The molecular formula is C6H8Cl2N2. The first-order chi connectivity index (χ1) is 4.74. The molecule has 0 aromatic rings. The molecule has 1 aliphatic heterocycles. The monoisotopic (exact) mass is 178 g/mol. The van der Waals surface area contributed by atoms with E-state index in [0.717, 1.165) is 0 Å².